The van der Waals surface area contributed by atoms with E-state index in [-0.39, 0.29) is 11.0 Å². The molecule has 1 aliphatic carbocycles. The molecular formula is C19H36N2O2. The van der Waals surface area contributed by atoms with Crippen LogP contribution in [-0.4, -0.2) is 60.6 Å². The van der Waals surface area contributed by atoms with Gasteiger partial charge in [-0.25, -0.2) is 0 Å². The third-order valence-corrected chi connectivity index (χ3v) is 4.73. The Bertz CT molecular complexity index is 408. The highest BCUT2D eigenvalue weighted by Gasteiger charge is 2.45. The highest BCUT2D eigenvalue weighted by molar-refractivity contribution is 5.76. The topological polar surface area (TPSA) is 32.8 Å². The van der Waals surface area contributed by atoms with E-state index >= 15 is 0 Å². The Morgan fingerprint density at radius 1 is 1.00 bits per heavy atom. The molecule has 23 heavy (non-hydrogen) atoms. The van der Waals surface area contributed by atoms with Crippen LogP contribution in [0, 0.1) is 10.8 Å². The van der Waals surface area contributed by atoms with Gasteiger partial charge in [0, 0.05) is 44.6 Å². The minimum absolute atomic E-state index is 0.0480. The number of rotatable bonds is 5. The summed E-state index contributed by atoms with van der Waals surface area (Å²) in [6, 6.07) is 0. The van der Waals surface area contributed by atoms with Crippen LogP contribution in [0.5, 0.6) is 0 Å². The number of amides is 1. The smallest absolute Gasteiger partial charge is 0.223 e. The SMILES string of the molecule is CC(C)(C)CC(=O)N1CCN(CC2(COC(C)(C)C)CC2)CC1. The molecule has 0 aromatic heterocycles. The zero-order valence-corrected chi connectivity index (χ0v) is 16.1. The second-order valence-corrected chi connectivity index (χ2v) is 9.80. The van der Waals surface area contributed by atoms with Gasteiger partial charge in [-0.1, -0.05) is 20.8 Å². The van der Waals surface area contributed by atoms with Crippen molar-refractivity contribution in [2.75, 3.05) is 39.3 Å². The summed E-state index contributed by atoms with van der Waals surface area (Å²) in [5.74, 6) is 0.314. The molecule has 0 N–H and O–H groups in total. The van der Waals surface area contributed by atoms with Crippen LogP contribution in [0.1, 0.15) is 60.8 Å². The van der Waals surface area contributed by atoms with E-state index in [0.29, 0.717) is 17.7 Å². The summed E-state index contributed by atoms with van der Waals surface area (Å²) in [5, 5.41) is 0. The molecule has 134 valence electrons. The first-order valence-corrected chi connectivity index (χ1v) is 9.12. The third-order valence-electron chi connectivity index (χ3n) is 4.73. The van der Waals surface area contributed by atoms with Crippen LogP contribution in [0.2, 0.25) is 0 Å². The lowest BCUT2D eigenvalue weighted by atomic mass is 9.91. The highest BCUT2D eigenvalue weighted by atomic mass is 16.5. The summed E-state index contributed by atoms with van der Waals surface area (Å²) < 4.78 is 6.02. The first-order valence-electron chi connectivity index (χ1n) is 9.12. The molecule has 1 saturated heterocycles. The molecular weight excluding hydrogens is 288 g/mol. The molecule has 0 radical (unpaired) electrons. The monoisotopic (exact) mass is 324 g/mol. The van der Waals surface area contributed by atoms with Gasteiger partial charge in [-0.3, -0.25) is 9.69 Å². The molecule has 2 rings (SSSR count). The molecule has 4 nitrogen and oxygen atoms in total. The van der Waals surface area contributed by atoms with Gasteiger partial charge in [-0.05, 0) is 39.0 Å². The van der Waals surface area contributed by atoms with Gasteiger partial charge in [0.25, 0.3) is 0 Å². The highest BCUT2D eigenvalue weighted by Crippen LogP contribution is 2.47. The minimum Gasteiger partial charge on any atom is -0.375 e. The van der Waals surface area contributed by atoms with Crippen molar-refractivity contribution in [2.24, 2.45) is 10.8 Å². The van der Waals surface area contributed by atoms with E-state index in [9.17, 15) is 4.79 Å². The van der Waals surface area contributed by atoms with Gasteiger partial charge in [0.05, 0.1) is 12.2 Å². The second kappa shape index (κ2) is 6.72. The van der Waals surface area contributed by atoms with Gasteiger partial charge < -0.3 is 9.64 Å². The summed E-state index contributed by atoms with van der Waals surface area (Å²) in [6.07, 6.45) is 3.22. The van der Waals surface area contributed by atoms with Crippen LogP contribution in [0.3, 0.4) is 0 Å². The quantitative estimate of drug-likeness (QED) is 0.779. The number of hydrogen-bond donors (Lipinski definition) is 0. The molecule has 0 spiro atoms. The summed E-state index contributed by atoms with van der Waals surface area (Å²) in [6.45, 7) is 18.6. The van der Waals surface area contributed by atoms with Gasteiger partial charge in [0.2, 0.25) is 5.91 Å². The normalized spacial score (nSPS) is 22.3. The Hall–Kier alpha value is -0.610. The molecule has 1 heterocycles. The molecule has 2 aliphatic rings. The minimum atomic E-state index is -0.0480. The maximum Gasteiger partial charge on any atom is 0.223 e. The van der Waals surface area contributed by atoms with E-state index < -0.39 is 0 Å². The van der Waals surface area contributed by atoms with E-state index in [1.165, 1.54) is 12.8 Å². The van der Waals surface area contributed by atoms with Crippen LogP contribution in [0.25, 0.3) is 0 Å². The molecule has 2 fully saturated rings. The van der Waals surface area contributed by atoms with Gasteiger partial charge >= 0.3 is 0 Å². The van der Waals surface area contributed by atoms with Crippen molar-refractivity contribution >= 4 is 5.91 Å². The van der Waals surface area contributed by atoms with Crippen molar-refractivity contribution in [3.63, 3.8) is 0 Å². The molecule has 0 bridgehead atoms. The van der Waals surface area contributed by atoms with Crippen molar-refractivity contribution < 1.29 is 9.53 Å². The lowest BCUT2D eigenvalue weighted by Gasteiger charge is -2.38. The molecule has 1 amide bonds. The van der Waals surface area contributed by atoms with E-state index in [1.807, 2.05) is 4.90 Å². The fourth-order valence-electron chi connectivity index (χ4n) is 3.09. The average Bonchev–Trinajstić information content (AvgIpc) is 3.15. The summed E-state index contributed by atoms with van der Waals surface area (Å²) in [5.41, 5.74) is 0.412. The Balaban J connectivity index is 1.74. The second-order valence-electron chi connectivity index (χ2n) is 9.80. The largest absolute Gasteiger partial charge is 0.375 e. The van der Waals surface area contributed by atoms with Crippen molar-refractivity contribution in [1.29, 1.82) is 0 Å². The number of hydrogen-bond acceptors (Lipinski definition) is 3. The van der Waals surface area contributed by atoms with Crippen LogP contribution in [-0.2, 0) is 9.53 Å². The number of nitrogens with zero attached hydrogens (tertiary/aromatic N) is 2. The summed E-state index contributed by atoms with van der Waals surface area (Å²) >= 11 is 0. The Morgan fingerprint density at radius 3 is 2.00 bits per heavy atom. The maximum atomic E-state index is 12.3. The fraction of sp³-hybridized carbons (Fsp3) is 0.947. The van der Waals surface area contributed by atoms with Gasteiger partial charge in [0.1, 0.15) is 0 Å². The molecule has 4 heteroatoms. The van der Waals surface area contributed by atoms with Gasteiger partial charge in [0.15, 0.2) is 0 Å². The Kier molecular flexibility index (Phi) is 5.47. The molecule has 1 saturated carbocycles. The fourth-order valence-corrected chi connectivity index (χ4v) is 3.09. The predicted molar refractivity (Wildman–Crippen MR) is 94.5 cm³/mol. The van der Waals surface area contributed by atoms with Gasteiger partial charge in [-0.2, -0.15) is 0 Å². The van der Waals surface area contributed by atoms with Crippen LogP contribution >= 0.6 is 0 Å². The molecule has 0 aromatic carbocycles. The Morgan fingerprint density at radius 2 is 1.57 bits per heavy atom. The molecule has 0 atom stereocenters. The van der Waals surface area contributed by atoms with E-state index in [2.05, 4.69) is 46.4 Å². The van der Waals surface area contributed by atoms with Crippen LogP contribution in [0.15, 0.2) is 0 Å². The van der Waals surface area contributed by atoms with Crippen molar-refractivity contribution in [1.82, 2.24) is 9.80 Å². The Labute approximate surface area is 142 Å². The van der Waals surface area contributed by atoms with Crippen LogP contribution in [0.4, 0.5) is 0 Å². The number of ether oxygens (including phenoxy) is 1. The van der Waals surface area contributed by atoms with Crippen molar-refractivity contribution in [3.8, 4) is 0 Å². The first-order chi connectivity index (χ1) is 10.5. The third kappa shape index (κ3) is 6.42. The van der Waals surface area contributed by atoms with Crippen molar-refractivity contribution in [2.45, 2.75) is 66.4 Å². The van der Waals surface area contributed by atoms with Crippen molar-refractivity contribution in [3.05, 3.63) is 0 Å². The molecule has 0 aromatic rings. The molecule has 0 unspecified atom stereocenters. The number of carbonyl (C=O) groups is 1. The van der Waals surface area contributed by atoms with E-state index in [4.69, 9.17) is 4.74 Å². The lowest BCUT2D eigenvalue weighted by Crippen LogP contribution is -2.51. The standard InChI is InChI=1S/C19H36N2O2/c1-17(2,3)13-16(22)21-11-9-20(10-12-21)14-19(7-8-19)15-23-18(4,5)6/h7-15H2,1-6H3. The zero-order chi connectivity index (χ0) is 17.3. The molecule has 1 aliphatic heterocycles. The number of carbonyl (C=O) groups excluding carboxylic acids is 1. The summed E-state index contributed by atoms with van der Waals surface area (Å²) in [7, 11) is 0. The zero-order valence-electron chi connectivity index (χ0n) is 16.1. The first kappa shape index (κ1) is 18.7. The van der Waals surface area contributed by atoms with E-state index in [1.54, 1.807) is 0 Å². The van der Waals surface area contributed by atoms with Crippen LogP contribution < -0.4 is 0 Å². The summed E-state index contributed by atoms with van der Waals surface area (Å²) in [4.78, 5) is 16.9. The van der Waals surface area contributed by atoms with Gasteiger partial charge in [-0.15, -0.1) is 0 Å². The lowest BCUT2D eigenvalue weighted by molar-refractivity contribution is -0.135. The van der Waals surface area contributed by atoms with E-state index in [0.717, 1.165) is 39.3 Å². The number of piperazine rings is 1. The maximum absolute atomic E-state index is 12.3. The average molecular weight is 325 g/mol. The predicted octanol–water partition coefficient (Wildman–Crippen LogP) is 3.16.